The fourth-order valence-electron chi connectivity index (χ4n) is 3.11. The Hall–Kier alpha value is -3.95. The average Bonchev–Trinajstić information content (AvgIpc) is 2.81. The number of ether oxygens (including phenoxy) is 2. The quantitative estimate of drug-likeness (QED) is 0.254. The van der Waals surface area contributed by atoms with Gasteiger partial charge in [-0.3, -0.25) is 0 Å². The average molecular weight is 526 g/mol. The summed E-state index contributed by atoms with van der Waals surface area (Å²) in [5, 5.41) is 18.0. The summed E-state index contributed by atoms with van der Waals surface area (Å²) in [6.45, 7) is 3.36. The Bertz CT molecular complexity index is 986. The number of methoxy groups -OCH3 is 2. The van der Waals surface area contributed by atoms with Crippen molar-refractivity contribution in [2.24, 2.45) is 0 Å². The lowest BCUT2D eigenvalue weighted by molar-refractivity contribution is 0.366. The largest absolute Gasteiger partial charge is 0.673 e. The van der Waals surface area contributed by atoms with E-state index >= 15 is 0 Å². The van der Waals surface area contributed by atoms with Gasteiger partial charge in [0.05, 0.1) is 14.2 Å². The minimum absolute atomic E-state index is 0.413. The van der Waals surface area contributed by atoms with Crippen LogP contribution in [0, 0.1) is 10.8 Å². The van der Waals surface area contributed by atoms with E-state index in [9.17, 15) is 34.5 Å². The zero-order valence-corrected chi connectivity index (χ0v) is 19.0. The maximum atomic E-state index is 9.75. The van der Waals surface area contributed by atoms with Crippen molar-refractivity contribution >= 4 is 37.3 Å². The number of benzene rings is 2. The molecule has 1 saturated heterocycles. The van der Waals surface area contributed by atoms with Gasteiger partial charge in [-0.25, -0.2) is 0 Å². The van der Waals surface area contributed by atoms with Crippen molar-refractivity contribution < 1.29 is 44.0 Å². The van der Waals surface area contributed by atoms with Gasteiger partial charge in [0.25, 0.3) is 0 Å². The van der Waals surface area contributed by atoms with Crippen molar-refractivity contribution in [1.29, 1.82) is 10.8 Å². The van der Waals surface area contributed by atoms with Crippen LogP contribution < -0.4 is 19.3 Å². The highest BCUT2D eigenvalue weighted by molar-refractivity contribution is 6.50. The molecule has 0 amide bonds. The smallest absolute Gasteiger partial charge is 0.489 e. The van der Waals surface area contributed by atoms with E-state index in [2.05, 4.69) is 19.8 Å². The second kappa shape index (κ2) is 13.2. The fourth-order valence-corrected chi connectivity index (χ4v) is 3.11. The Morgan fingerprint density at radius 1 is 0.639 bits per heavy atom. The Balaban J connectivity index is 0.000000550. The number of halogens is 8. The van der Waals surface area contributed by atoms with Gasteiger partial charge in [0.1, 0.15) is 0 Å². The van der Waals surface area contributed by atoms with Crippen molar-refractivity contribution in [3.63, 3.8) is 0 Å². The first-order valence-corrected chi connectivity index (χ1v) is 10.0. The molecule has 196 valence electrons. The molecular formula is C18H20B2F8N6O2. The Morgan fingerprint density at radius 2 is 0.917 bits per heavy atom. The molecule has 0 aromatic heterocycles. The molecule has 0 saturated carbocycles. The molecular weight excluding hydrogens is 506 g/mol. The number of rotatable bonds is 4. The second-order valence-corrected chi connectivity index (χ2v) is 6.88. The maximum Gasteiger partial charge on any atom is 0.673 e. The van der Waals surface area contributed by atoms with Gasteiger partial charge in [0, 0.05) is 61.8 Å². The molecule has 18 heteroatoms. The van der Waals surface area contributed by atoms with Crippen LogP contribution in [-0.2, 0) is 0 Å². The van der Waals surface area contributed by atoms with E-state index in [1.807, 2.05) is 24.3 Å². The van der Waals surface area contributed by atoms with Crippen molar-refractivity contribution in [2.45, 2.75) is 0 Å². The van der Waals surface area contributed by atoms with Crippen LogP contribution in [0.5, 0.6) is 11.5 Å². The summed E-state index contributed by atoms with van der Waals surface area (Å²) < 4.78 is 88.5. The SMILES string of the molecule is COc1cc(N2CCN(c3ccc([N+]#N)c(OC)c3)CC2)ccc1[N+]#N.F[B-](F)(F)F.F[B-](F)(F)F. The first-order valence-electron chi connectivity index (χ1n) is 10.0. The number of nitrogens with zero attached hydrogens (tertiary/aromatic N) is 6. The molecule has 2 aromatic carbocycles. The molecule has 1 aliphatic rings. The highest BCUT2D eigenvalue weighted by atomic mass is 19.5. The lowest BCUT2D eigenvalue weighted by Crippen LogP contribution is -2.46. The molecule has 3 rings (SSSR count). The minimum atomic E-state index is -6.00. The second-order valence-electron chi connectivity index (χ2n) is 6.88. The van der Waals surface area contributed by atoms with E-state index in [1.165, 1.54) is 0 Å². The number of piperazine rings is 1. The van der Waals surface area contributed by atoms with E-state index in [4.69, 9.17) is 20.3 Å². The molecule has 1 heterocycles. The van der Waals surface area contributed by atoms with Crippen LogP contribution in [0.25, 0.3) is 9.95 Å². The van der Waals surface area contributed by atoms with E-state index in [-0.39, 0.29) is 0 Å². The molecule has 0 spiro atoms. The molecule has 0 atom stereocenters. The summed E-state index contributed by atoms with van der Waals surface area (Å²) in [5.41, 5.74) is 2.88. The first-order chi connectivity index (χ1) is 16.7. The zero-order chi connectivity index (χ0) is 27.5. The summed E-state index contributed by atoms with van der Waals surface area (Å²) in [5.74, 6) is 1.08. The van der Waals surface area contributed by atoms with E-state index in [0.717, 1.165) is 37.6 Å². The summed E-state index contributed by atoms with van der Waals surface area (Å²) >= 11 is 0. The van der Waals surface area contributed by atoms with Gasteiger partial charge in [-0.05, 0) is 12.1 Å². The molecule has 0 radical (unpaired) electrons. The van der Waals surface area contributed by atoms with Crippen LogP contribution in [0.1, 0.15) is 0 Å². The topological polar surface area (TPSA) is 81.2 Å². The van der Waals surface area contributed by atoms with E-state index in [1.54, 1.807) is 26.4 Å². The standard InChI is InChI=1S/C18H20N6O2.2BF4/c1-25-17-11-13(3-5-15(17)21-19)23-7-9-24(10-8-23)14-4-6-16(22-20)18(12-14)26-2;2*2-1(3,4)5/h3-6,11-12H,7-10H2,1-2H3;;/q+2;2*-1. The molecule has 36 heavy (non-hydrogen) atoms. The van der Waals surface area contributed by atoms with Crippen molar-refractivity contribution in [1.82, 2.24) is 0 Å². The third-order valence-electron chi connectivity index (χ3n) is 4.55. The van der Waals surface area contributed by atoms with E-state index < -0.39 is 14.5 Å². The molecule has 0 bridgehead atoms. The van der Waals surface area contributed by atoms with Gasteiger partial charge >= 0.3 is 25.9 Å². The van der Waals surface area contributed by atoms with Crippen molar-refractivity contribution in [2.75, 3.05) is 50.2 Å². The third kappa shape index (κ3) is 11.0. The number of hydrogen-bond acceptors (Lipinski definition) is 6. The Labute approximate surface area is 200 Å². The fraction of sp³-hybridized carbons (Fsp3) is 0.333. The monoisotopic (exact) mass is 526 g/mol. The molecule has 0 N–H and O–H groups in total. The van der Waals surface area contributed by atoms with Crippen LogP contribution in [-0.4, -0.2) is 54.9 Å². The van der Waals surface area contributed by atoms with Crippen LogP contribution in [0.4, 0.5) is 57.3 Å². The van der Waals surface area contributed by atoms with Gasteiger partial charge in [-0.1, -0.05) is 0 Å². The molecule has 2 aromatic rings. The van der Waals surface area contributed by atoms with Gasteiger partial charge in [0.15, 0.2) is 9.95 Å². The number of diazo groups is 2. The molecule has 0 aliphatic carbocycles. The van der Waals surface area contributed by atoms with Crippen LogP contribution in [0.15, 0.2) is 36.4 Å². The molecule has 8 nitrogen and oxygen atoms in total. The first kappa shape index (κ1) is 30.1. The van der Waals surface area contributed by atoms with Crippen LogP contribution >= 0.6 is 0 Å². The normalized spacial score (nSPS) is 13.2. The Morgan fingerprint density at radius 3 is 1.14 bits per heavy atom. The van der Waals surface area contributed by atoms with Gasteiger partial charge in [-0.15, -0.1) is 0 Å². The zero-order valence-electron chi connectivity index (χ0n) is 19.0. The van der Waals surface area contributed by atoms with Crippen molar-refractivity contribution in [3.05, 3.63) is 46.4 Å². The van der Waals surface area contributed by atoms with Gasteiger partial charge in [0.2, 0.25) is 22.3 Å². The highest BCUT2D eigenvalue weighted by Crippen LogP contribution is 2.34. The highest BCUT2D eigenvalue weighted by Gasteiger charge is 2.23. The van der Waals surface area contributed by atoms with Crippen molar-refractivity contribution in [3.8, 4) is 11.5 Å². The summed E-state index contributed by atoms with van der Waals surface area (Å²) in [6, 6.07) is 11.1. The Kier molecular flexibility index (Phi) is 11.0. The van der Waals surface area contributed by atoms with Gasteiger partial charge < -0.3 is 53.8 Å². The molecule has 1 fully saturated rings. The van der Waals surface area contributed by atoms with E-state index in [0.29, 0.717) is 22.9 Å². The number of anilines is 2. The summed E-state index contributed by atoms with van der Waals surface area (Å²) in [7, 11) is -8.89. The maximum absolute atomic E-state index is 9.75. The third-order valence-corrected chi connectivity index (χ3v) is 4.55. The molecule has 1 aliphatic heterocycles. The van der Waals surface area contributed by atoms with Crippen LogP contribution in [0.3, 0.4) is 0 Å². The minimum Gasteiger partial charge on any atom is -0.489 e. The predicted octanol–water partition coefficient (Wildman–Crippen LogP) is 6.60. The van der Waals surface area contributed by atoms with Gasteiger partial charge in [-0.2, -0.15) is 0 Å². The van der Waals surface area contributed by atoms with Crippen LogP contribution in [0.2, 0.25) is 0 Å². The number of hydrogen-bond donors (Lipinski definition) is 0. The summed E-state index contributed by atoms with van der Waals surface area (Å²) in [6.07, 6.45) is 0. The predicted molar refractivity (Wildman–Crippen MR) is 120 cm³/mol. The molecule has 0 unspecified atom stereocenters. The lowest BCUT2D eigenvalue weighted by Gasteiger charge is -2.37. The summed E-state index contributed by atoms with van der Waals surface area (Å²) in [4.78, 5) is 11.0. The lowest BCUT2D eigenvalue weighted by atomic mass is 10.2.